The molecule has 0 spiro atoms. The van der Waals surface area contributed by atoms with E-state index in [0.717, 1.165) is 51.4 Å². The number of hydrogen-bond donors (Lipinski definition) is 4. The van der Waals surface area contributed by atoms with Gasteiger partial charge in [-0.1, -0.05) is 63.5 Å². The lowest BCUT2D eigenvalue weighted by Crippen LogP contribution is -2.45. The molecule has 0 amide bonds. The molecule has 0 aliphatic heterocycles. The third-order valence-electron chi connectivity index (χ3n) is 8.62. The van der Waals surface area contributed by atoms with Crippen LogP contribution in [0.15, 0.2) is 12.2 Å². The number of hydrogen-bond acceptors (Lipinski definition) is 4. The van der Waals surface area contributed by atoms with E-state index in [4.69, 9.17) is 0 Å². The highest BCUT2D eigenvalue weighted by molar-refractivity contribution is 5.24. The third kappa shape index (κ3) is 6.79. The number of rotatable bonds is 20. The van der Waals surface area contributed by atoms with E-state index < -0.39 is 0 Å². The van der Waals surface area contributed by atoms with Crippen molar-refractivity contribution in [3.8, 4) is 0 Å². The molecule has 2 aliphatic rings. The SMILES string of the molecule is OCCCCCC1(CCCCCO)C2C=CC(C2)C1(CCCCCO)CCCCCO. The second-order valence-corrected chi connectivity index (χ2v) is 10.3. The van der Waals surface area contributed by atoms with Crippen molar-refractivity contribution in [1.29, 1.82) is 0 Å². The second kappa shape index (κ2) is 14.7. The average molecular weight is 439 g/mol. The summed E-state index contributed by atoms with van der Waals surface area (Å²) in [5.74, 6) is 1.35. The van der Waals surface area contributed by atoms with Gasteiger partial charge in [-0.25, -0.2) is 0 Å². The van der Waals surface area contributed by atoms with Crippen molar-refractivity contribution < 1.29 is 20.4 Å². The largest absolute Gasteiger partial charge is 0.396 e. The standard InChI is InChI=1S/C27H50O4/c28-19-9-1-5-15-26(16-6-2-10-20-29)24-13-14-25(23-24)27(26,17-7-3-11-21-30)18-8-4-12-22-31/h13-14,24-25,28-31H,1-12,15-23H2. The minimum Gasteiger partial charge on any atom is -0.396 e. The van der Waals surface area contributed by atoms with E-state index in [1.165, 1.54) is 57.8 Å². The normalized spacial score (nSPS) is 23.1. The molecule has 2 bridgehead atoms. The zero-order valence-electron chi connectivity index (χ0n) is 19.9. The minimum absolute atomic E-state index is 0.295. The second-order valence-electron chi connectivity index (χ2n) is 10.3. The van der Waals surface area contributed by atoms with E-state index in [1.807, 2.05) is 0 Å². The Hall–Kier alpha value is -0.420. The van der Waals surface area contributed by atoms with Crippen LogP contribution in [0.1, 0.15) is 109 Å². The number of aliphatic hydroxyl groups excluding tert-OH is 4. The van der Waals surface area contributed by atoms with Crippen LogP contribution in [0.25, 0.3) is 0 Å². The van der Waals surface area contributed by atoms with Crippen LogP contribution in [-0.2, 0) is 0 Å². The van der Waals surface area contributed by atoms with Crippen LogP contribution in [0.5, 0.6) is 0 Å². The fraction of sp³-hybridized carbons (Fsp3) is 0.926. The Labute approximate surface area is 191 Å². The summed E-state index contributed by atoms with van der Waals surface area (Å²) >= 11 is 0. The number of fused-ring (bicyclic) bond motifs is 2. The molecule has 4 nitrogen and oxygen atoms in total. The van der Waals surface area contributed by atoms with E-state index in [0.29, 0.717) is 49.1 Å². The van der Waals surface area contributed by atoms with Crippen molar-refractivity contribution in [2.45, 2.75) is 109 Å². The molecule has 0 aromatic rings. The highest BCUT2D eigenvalue weighted by Gasteiger charge is 2.63. The summed E-state index contributed by atoms with van der Waals surface area (Å²) in [6.07, 6.45) is 24.3. The minimum atomic E-state index is 0.295. The van der Waals surface area contributed by atoms with Crippen LogP contribution in [0.4, 0.5) is 0 Å². The maximum absolute atomic E-state index is 9.29. The van der Waals surface area contributed by atoms with Gasteiger partial charge in [-0.3, -0.25) is 0 Å². The van der Waals surface area contributed by atoms with Crippen LogP contribution in [0, 0.1) is 22.7 Å². The zero-order valence-corrected chi connectivity index (χ0v) is 19.9. The van der Waals surface area contributed by atoms with Gasteiger partial charge in [0, 0.05) is 26.4 Å². The predicted molar refractivity (Wildman–Crippen MR) is 128 cm³/mol. The van der Waals surface area contributed by atoms with E-state index in [-0.39, 0.29) is 0 Å². The zero-order chi connectivity index (χ0) is 22.4. The molecule has 31 heavy (non-hydrogen) atoms. The van der Waals surface area contributed by atoms with Gasteiger partial charge in [0.05, 0.1) is 0 Å². The number of unbranched alkanes of at least 4 members (excludes halogenated alkanes) is 8. The molecule has 0 saturated heterocycles. The van der Waals surface area contributed by atoms with Gasteiger partial charge < -0.3 is 20.4 Å². The molecule has 2 rings (SSSR count). The maximum atomic E-state index is 9.29. The molecular weight excluding hydrogens is 388 g/mol. The first kappa shape index (κ1) is 26.8. The lowest BCUT2D eigenvalue weighted by Gasteiger charge is -2.54. The van der Waals surface area contributed by atoms with Crippen molar-refractivity contribution in [1.82, 2.24) is 0 Å². The van der Waals surface area contributed by atoms with Gasteiger partial charge >= 0.3 is 0 Å². The summed E-state index contributed by atoms with van der Waals surface area (Å²) in [6, 6.07) is 0. The summed E-state index contributed by atoms with van der Waals surface area (Å²) in [5.41, 5.74) is 0.686. The summed E-state index contributed by atoms with van der Waals surface area (Å²) < 4.78 is 0. The molecule has 0 heterocycles. The van der Waals surface area contributed by atoms with Crippen molar-refractivity contribution in [3.63, 3.8) is 0 Å². The summed E-state index contributed by atoms with van der Waals surface area (Å²) in [7, 11) is 0. The Kier molecular flexibility index (Phi) is 12.7. The molecule has 1 fully saturated rings. The Morgan fingerprint density at radius 1 is 0.452 bits per heavy atom. The molecular formula is C27H50O4. The van der Waals surface area contributed by atoms with Gasteiger partial charge in [0.25, 0.3) is 0 Å². The van der Waals surface area contributed by atoms with Crippen LogP contribution < -0.4 is 0 Å². The molecule has 182 valence electrons. The Bertz CT molecular complexity index is 424. The molecule has 2 unspecified atom stereocenters. The predicted octanol–water partition coefficient (Wildman–Crippen LogP) is 5.38. The van der Waals surface area contributed by atoms with Gasteiger partial charge in [-0.2, -0.15) is 0 Å². The monoisotopic (exact) mass is 438 g/mol. The van der Waals surface area contributed by atoms with Gasteiger partial charge in [-0.15, -0.1) is 0 Å². The summed E-state index contributed by atoms with van der Waals surface area (Å²) in [5, 5.41) is 37.2. The number of aliphatic hydroxyl groups is 4. The van der Waals surface area contributed by atoms with Crippen LogP contribution in [0.2, 0.25) is 0 Å². The molecule has 4 N–H and O–H groups in total. The van der Waals surface area contributed by atoms with Gasteiger partial charge in [0.15, 0.2) is 0 Å². The molecule has 0 aromatic heterocycles. The highest BCUT2D eigenvalue weighted by Crippen LogP contribution is 2.71. The van der Waals surface area contributed by atoms with E-state index >= 15 is 0 Å². The summed E-state index contributed by atoms with van der Waals surface area (Å²) in [6.45, 7) is 1.18. The smallest absolute Gasteiger partial charge is 0.0431 e. The molecule has 1 saturated carbocycles. The fourth-order valence-corrected chi connectivity index (χ4v) is 7.16. The van der Waals surface area contributed by atoms with Crippen molar-refractivity contribution >= 4 is 0 Å². The van der Waals surface area contributed by atoms with Gasteiger partial charge in [0.2, 0.25) is 0 Å². The van der Waals surface area contributed by atoms with Crippen LogP contribution in [0.3, 0.4) is 0 Å². The highest BCUT2D eigenvalue weighted by atomic mass is 16.3. The lowest BCUT2D eigenvalue weighted by atomic mass is 9.51. The first-order valence-corrected chi connectivity index (χ1v) is 13.3. The maximum Gasteiger partial charge on any atom is 0.0431 e. The molecule has 4 heteroatoms. The topological polar surface area (TPSA) is 80.9 Å². The first-order valence-electron chi connectivity index (χ1n) is 13.3. The Morgan fingerprint density at radius 3 is 1.00 bits per heavy atom. The van der Waals surface area contributed by atoms with Crippen LogP contribution >= 0.6 is 0 Å². The quantitative estimate of drug-likeness (QED) is 0.152. The Morgan fingerprint density at radius 2 is 0.742 bits per heavy atom. The Balaban J connectivity index is 2.24. The fourth-order valence-electron chi connectivity index (χ4n) is 7.16. The van der Waals surface area contributed by atoms with Crippen LogP contribution in [-0.4, -0.2) is 46.9 Å². The first-order chi connectivity index (χ1) is 15.2. The molecule has 0 aromatic carbocycles. The van der Waals surface area contributed by atoms with E-state index in [1.54, 1.807) is 0 Å². The van der Waals surface area contributed by atoms with Gasteiger partial charge in [0.1, 0.15) is 0 Å². The average Bonchev–Trinajstić information content (AvgIpc) is 3.36. The molecule has 2 atom stereocenters. The van der Waals surface area contributed by atoms with Crippen molar-refractivity contribution in [2.75, 3.05) is 26.4 Å². The van der Waals surface area contributed by atoms with Gasteiger partial charge in [-0.05, 0) is 80.5 Å². The van der Waals surface area contributed by atoms with E-state index in [9.17, 15) is 20.4 Å². The molecule has 2 aliphatic carbocycles. The van der Waals surface area contributed by atoms with E-state index in [2.05, 4.69) is 12.2 Å². The lowest BCUT2D eigenvalue weighted by molar-refractivity contribution is -0.0234. The van der Waals surface area contributed by atoms with Crippen molar-refractivity contribution in [3.05, 3.63) is 12.2 Å². The molecule has 0 radical (unpaired) electrons. The van der Waals surface area contributed by atoms with Crippen molar-refractivity contribution in [2.24, 2.45) is 22.7 Å². The number of allylic oxidation sites excluding steroid dienone is 2. The summed E-state index contributed by atoms with van der Waals surface area (Å²) in [4.78, 5) is 0. The third-order valence-corrected chi connectivity index (χ3v) is 8.62.